The van der Waals surface area contributed by atoms with Gasteiger partial charge in [-0.25, -0.2) is 11.9 Å². The summed E-state index contributed by atoms with van der Waals surface area (Å²) in [6.45, 7) is 0. The average molecular weight is 760 g/mol. The normalized spacial score (nSPS) is 14.2. The molecule has 0 aliphatic heterocycles. The molecule has 18 heteroatoms. The molecule has 1 atom stereocenters. The average Bonchev–Trinajstić information content (AvgIpc) is 2.93. The zero-order valence-corrected chi connectivity index (χ0v) is 23.5. The summed E-state index contributed by atoms with van der Waals surface area (Å²) >= 11 is 0.953. The third kappa shape index (κ3) is 6.30. The van der Waals surface area contributed by atoms with Crippen LogP contribution in [0.4, 0.5) is 68.5 Å². The lowest BCUT2D eigenvalue weighted by Crippen LogP contribution is -2.59. The fourth-order valence-electron chi connectivity index (χ4n) is 3.87. The Bertz CT molecular complexity index is 1570. The molecule has 44 heavy (non-hydrogen) atoms. The van der Waals surface area contributed by atoms with E-state index in [9.17, 15) is 66.7 Å². The summed E-state index contributed by atoms with van der Waals surface area (Å²) in [4.78, 5) is 26.7. The molecule has 0 aliphatic rings. The number of nitrogens with zero attached hydrogens (tertiary/aromatic N) is 2. The lowest BCUT2D eigenvalue weighted by molar-refractivity contribution is -0.389. The van der Waals surface area contributed by atoms with Gasteiger partial charge in [-0.1, -0.05) is 18.2 Å². The lowest BCUT2D eigenvalue weighted by Gasteiger charge is -2.36. The van der Waals surface area contributed by atoms with Crippen LogP contribution < -0.4 is 8.01 Å². The molecule has 0 saturated heterocycles. The Morgan fingerprint density at radius 2 is 1.23 bits per heavy atom. The minimum atomic E-state index is -7.22. The number of hydrogen-bond donors (Lipinski definition) is 0. The number of alkyl halides is 12. The molecule has 0 N–H and O–H groups in total. The van der Waals surface area contributed by atoms with Crippen LogP contribution in [0.25, 0.3) is 0 Å². The number of amides is 2. The van der Waals surface area contributed by atoms with Crippen LogP contribution in [0, 0.1) is 5.82 Å². The van der Waals surface area contributed by atoms with E-state index in [1.165, 1.54) is 31.3 Å². The molecule has 0 heterocycles. The molecule has 0 aromatic heterocycles. The van der Waals surface area contributed by atoms with Gasteiger partial charge in [-0.05, 0) is 48.5 Å². The van der Waals surface area contributed by atoms with E-state index in [2.05, 4.69) is 0 Å². The minimum Gasteiger partial charge on any atom is -0.311 e. The number of halogens is 14. The van der Waals surface area contributed by atoms with Crippen molar-refractivity contribution in [2.75, 3.05) is 15.1 Å². The van der Waals surface area contributed by atoms with E-state index in [0.29, 0.717) is 0 Å². The number of anilines is 2. The van der Waals surface area contributed by atoms with Gasteiger partial charge in [-0.15, -0.1) is 0 Å². The molecule has 0 saturated carbocycles. The molecule has 2 amide bonds. The van der Waals surface area contributed by atoms with Crippen molar-refractivity contribution in [2.24, 2.45) is 0 Å². The largest absolute Gasteiger partial charge is 0.457 e. The predicted octanol–water partition coefficient (Wildman–Crippen LogP) is 9.04. The molecule has 4 nitrogen and oxygen atoms in total. The predicted molar refractivity (Wildman–Crippen MR) is 138 cm³/mol. The van der Waals surface area contributed by atoms with Gasteiger partial charge in [0.1, 0.15) is 5.82 Å². The molecule has 3 aromatic rings. The standard InChI is InChI=1S/C26H14F13IN2O2/c1-41(20(43)13-4-2-6-16(27)10-13)17-7-3-5-14(11-17)21(44)42(40)19-9-8-15(12-18(19)23(29,30)31)22(28,25(34,35)36)24(32,33)26(37,38)39/h2-12H,1H3. The van der Waals surface area contributed by atoms with Gasteiger partial charge >= 0.3 is 30.1 Å². The van der Waals surface area contributed by atoms with E-state index in [-0.39, 0.29) is 26.5 Å². The van der Waals surface area contributed by atoms with Gasteiger partial charge in [0.15, 0.2) is 0 Å². The first kappa shape index (κ1) is 34.9. The highest BCUT2D eigenvalue weighted by atomic mass is 127. The summed E-state index contributed by atoms with van der Waals surface area (Å²) < 4.78 is 177. The summed E-state index contributed by atoms with van der Waals surface area (Å²) in [6.07, 6.45) is -20.0. The number of hydrogen-bond acceptors (Lipinski definition) is 2. The second-order valence-corrected chi connectivity index (χ2v) is 9.93. The summed E-state index contributed by atoms with van der Waals surface area (Å²) in [5.74, 6) is -10.1. The van der Waals surface area contributed by atoms with Crippen LogP contribution in [0.1, 0.15) is 31.8 Å². The molecule has 0 fully saturated rings. The summed E-state index contributed by atoms with van der Waals surface area (Å²) in [6, 6.07) is 7.62. The van der Waals surface area contributed by atoms with Crippen LogP contribution in [-0.4, -0.2) is 37.1 Å². The highest BCUT2D eigenvalue weighted by Crippen LogP contribution is 2.59. The van der Waals surface area contributed by atoms with Crippen LogP contribution in [0.5, 0.6) is 0 Å². The maximum atomic E-state index is 14.9. The van der Waals surface area contributed by atoms with Gasteiger partial charge < -0.3 is 4.90 Å². The first-order valence-corrected chi connectivity index (χ1v) is 12.5. The third-order valence-corrected chi connectivity index (χ3v) is 7.08. The second kappa shape index (κ2) is 11.7. The van der Waals surface area contributed by atoms with Gasteiger partial charge in [0.2, 0.25) is 0 Å². The van der Waals surface area contributed by atoms with Crippen LogP contribution in [0.3, 0.4) is 0 Å². The molecule has 238 valence electrons. The lowest BCUT2D eigenvalue weighted by atomic mass is 9.86. The Morgan fingerprint density at radius 1 is 0.682 bits per heavy atom. The van der Waals surface area contributed by atoms with Crippen LogP contribution in [0.15, 0.2) is 66.7 Å². The van der Waals surface area contributed by atoms with E-state index < -0.39 is 76.2 Å². The van der Waals surface area contributed by atoms with E-state index in [1.54, 1.807) is 0 Å². The summed E-state index contributed by atoms with van der Waals surface area (Å²) in [5, 5.41) is 0. The van der Waals surface area contributed by atoms with E-state index in [1.807, 2.05) is 0 Å². The van der Waals surface area contributed by atoms with E-state index in [0.717, 1.165) is 52.0 Å². The number of rotatable bonds is 6. The van der Waals surface area contributed by atoms with Gasteiger partial charge in [-0.2, -0.15) is 48.3 Å². The maximum Gasteiger partial charge on any atom is 0.457 e. The van der Waals surface area contributed by atoms with Gasteiger partial charge in [0.05, 0.1) is 34.1 Å². The quantitative estimate of drug-likeness (QED) is 0.143. The molecule has 0 spiro atoms. The van der Waals surface area contributed by atoms with Crippen LogP contribution >= 0.6 is 22.9 Å². The molecule has 3 rings (SSSR count). The molecule has 0 bridgehead atoms. The van der Waals surface area contributed by atoms with E-state index in [4.69, 9.17) is 0 Å². The number of carbonyl (C=O) groups is 2. The van der Waals surface area contributed by atoms with Crippen molar-refractivity contribution in [1.82, 2.24) is 0 Å². The highest BCUT2D eigenvalue weighted by Gasteiger charge is 2.81. The van der Waals surface area contributed by atoms with Gasteiger partial charge in [0.25, 0.3) is 11.8 Å². The molecular weight excluding hydrogens is 746 g/mol. The molecule has 1 unspecified atom stereocenters. The monoisotopic (exact) mass is 760 g/mol. The van der Waals surface area contributed by atoms with Crippen molar-refractivity contribution < 1.29 is 66.7 Å². The SMILES string of the molecule is CN(C(=O)c1cccc(F)c1)c1cccc(C(=O)N(I)c2ccc(C(F)(C(F)(F)F)C(F)(F)C(F)(F)F)cc2C(F)(F)F)c1. The van der Waals surface area contributed by atoms with Crippen LogP contribution in [0.2, 0.25) is 0 Å². The van der Waals surface area contributed by atoms with Gasteiger partial charge in [-0.3, -0.25) is 9.59 Å². The van der Waals surface area contributed by atoms with Crippen molar-refractivity contribution in [1.29, 1.82) is 0 Å². The summed E-state index contributed by atoms with van der Waals surface area (Å²) in [7, 11) is 1.21. The Kier molecular flexibility index (Phi) is 9.31. The Hall–Kier alpha value is -3.58. The minimum absolute atomic E-state index is 0.0388. The number of carbonyl (C=O) groups excluding carboxylic acids is 2. The summed E-state index contributed by atoms with van der Waals surface area (Å²) in [5.41, 5.74) is -13.7. The molecule has 0 aliphatic carbocycles. The fourth-order valence-corrected chi connectivity index (χ4v) is 4.57. The third-order valence-electron chi connectivity index (χ3n) is 6.13. The maximum absolute atomic E-state index is 14.9. The van der Waals surface area contributed by atoms with Crippen molar-refractivity contribution in [3.05, 3.63) is 94.8 Å². The van der Waals surface area contributed by atoms with Crippen LogP contribution in [-0.2, 0) is 11.8 Å². The zero-order valence-electron chi connectivity index (χ0n) is 21.4. The molecular formula is C26H14F13IN2O2. The van der Waals surface area contributed by atoms with Gasteiger partial charge in [0, 0.05) is 29.4 Å². The van der Waals surface area contributed by atoms with Crippen molar-refractivity contribution in [3.63, 3.8) is 0 Å². The second-order valence-electron chi connectivity index (χ2n) is 8.97. The molecule has 3 aromatic carbocycles. The van der Waals surface area contributed by atoms with Crippen molar-refractivity contribution in [3.8, 4) is 0 Å². The zero-order chi connectivity index (χ0) is 33.6. The van der Waals surface area contributed by atoms with Crippen molar-refractivity contribution in [2.45, 2.75) is 30.1 Å². The first-order valence-electron chi connectivity index (χ1n) is 11.5. The Balaban J connectivity index is 2.08. The number of benzene rings is 3. The van der Waals surface area contributed by atoms with Crippen molar-refractivity contribution >= 4 is 46.1 Å². The smallest absolute Gasteiger partial charge is 0.311 e. The van der Waals surface area contributed by atoms with E-state index >= 15 is 0 Å². The highest BCUT2D eigenvalue weighted by molar-refractivity contribution is 14.1. The Morgan fingerprint density at radius 3 is 1.73 bits per heavy atom. The topological polar surface area (TPSA) is 40.6 Å². The Labute approximate surface area is 252 Å². The first-order chi connectivity index (χ1) is 19.9. The fraction of sp³-hybridized carbons (Fsp3) is 0.231. The molecule has 0 radical (unpaired) electrons.